The summed E-state index contributed by atoms with van der Waals surface area (Å²) in [6.45, 7) is 6.36. The van der Waals surface area contributed by atoms with Gasteiger partial charge in [0.15, 0.2) is 0 Å². The van der Waals surface area contributed by atoms with Crippen LogP contribution < -0.4 is 5.32 Å². The number of amides is 1. The molecule has 6 nitrogen and oxygen atoms in total. The van der Waals surface area contributed by atoms with E-state index in [2.05, 4.69) is 50.4 Å². The summed E-state index contributed by atoms with van der Waals surface area (Å²) in [6.07, 6.45) is 39.5. The molecule has 0 rings (SSSR count). The number of nitrogens with one attached hydrogen (secondary N) is 1. The van der Waals surface area contributed by atoms with Crippen molar-refractivity contribution < 1.29 is 24.5 Å². The summed E-state index contributed by atoms with van der Waals surface area (Å²) in [7, 11) is 0. The Kier molecular flexibility index (Phi) is 36.3. The molecule has 0 aliphatic heterocycles. The molecule has 0 aliphatic rings. The molecule has 0 aromatic carbocycles. The molecule has 3 atom stereocenters. The van der Waals surface area contributed by atoms with E-state index < -0.39 is 18.2 Å². The predicted molar refractivity (Wildman–Crippen MR) is 209 cm³/mol. The number of aliphatic hydroxyl groups excluding tert-OH is 2. The quantitative estimate of drug-likeness (QED) is 0.0342. The van der Waals surface area contributed by atoms with Crippen LogP contribution in [0.1, 0.15) is 213 Å². The Balaban J connectivity index is 4.59. The van der Waals surface area contributed by atoms with E-state index in [-0.39, 0.29) is 24.9 Å². The molecular weight excluding hydrogens is 610 g/mol. The molecule has 0 radical (unpaired) electrons. The molecule has 6 heteroatoms. The van der Waals surface area contributed by atoms with Crippen LogP contribution in [0.5, 0.6) is 0 Å². The molecule has 0 fully saturated rings. The lowest BCUT2D eigenvalue weighted by atomic mass is 10.0. The largest absolute Gasteiger partial charge is 0.462 e. The van der Waals surface area contributed by atoms with Gasteiger partial charge in [0.2, 0.25) is 5.91 Å². The minimum Gasteiger partial charge on any atom is -0.462 e. The first-order chi connectivity index (χ1) is 24.0. The molecule has 49 heavy (non-hydrogen) atoms. The van der Waals surface area contributed by atoms with Crippen molar-refractivity contribution >= 4 is 11.9 Å². The Bertz CT molecular complexity index is 782. The minimum atomic E-state index is -0.786. The second-order valence-electron chi connectivity index (χ2n) is 14.4. The SMILES string of the molecule is CCCC/C=C\CCCCCCCC(=O)OC(CCCCC/C=C\CCCC)CC(=O)NC(CO)C(O)CCCCCCCCCCCC. The number of aliphatic hydroxyl groups is 2. The molecule has 0 aromatic rings. The maximum atomic E-state index is 13.0. The number of esters is 1. The maximum Gasteiger partial charge on any atom is 0.306 e. The number of hydrogen-bond acceptors (Lipinski definition) is 5. The van der Waals surface area contributed by atoms with Crippen LogP contribution in [0, 0.1) is 0 Å². The second-order valence-corrected chi connectivity index (χ2v) is 14.4. The maximum absolute atomic E-state index is 13.0. The Morgan fingerprint density at radius 3 is 1.53 bits per heavy atom. The van der Waals surface area contributed by atoms with Gasteiger partial charge < -0.3 is 20.3 Å². The highest BCUT2D eigenvalue weighted by Crippen LogP contribution is 2.17. The highest BCUT2D eigenvalue weighted by atomic mass is 16.5. The number of unbranched alkanes of at least 4 members (excludes halogenated alkanes) is 21. The Labute approximate surface area is 303 Å². The average Bonchev–Trinajstić information content (AvgIpc) is 3.09. The second kappa shape index (κ2) is 37.6. The summed E-state index contributed by atoms with van der Waals surface area (Å²) in [6, 6.07) is -0.700. The van der Waals surface area contributed by atoms with Gasteiger partial charge in [-0.2, -0.15) is 0 Å². The number of ether oxygens (including phenoxy) is 1. The van der Waals surface area contributed by atoms with Crippen LogP contribution in [-0.2, 0) is 14.3 Å². The van der Waals surface area contributed by atoms with Crippen LogP contribution in [0.4, 0.5) is 0 Å². The Hall–Kier alpha value is -1.66. The lowest BCUT2D eigenvalue weighted by Crippen LogP contribution is -2.46. The third-order valence-electron chi connectivity index (χ3n) is 9.50. The van der Waals surface area contributed by atoms with E-state index in [1.54, 1.807) is 0 Å². The zero-order valence-corrected chi connectivity index (χ0v) is 32.6. The summed E-state index contributed by atoms with van der Waals surface area (Å²) in [5.41, 5.74) is 0. The third-order valence-corrected chi connectivity index (χ3v) is 9.50. The third kappa shape index (κ3) is 33.3. The molecule has 0 saturated carbocycles. The van der Waals surface area contributed by atoms with Crippen molar-refractivity contribution in [2.45, 2.75) is 232 Å². The fourth-order valence-corrected chi connectivity index (χ4v) is 6.21. The summed E-state index contributed by atoms with van der Waals surface area (Å²) < 4.78 is 5.85. The van der Waals surface area contributed by atoms with Gasteiger partial charge in [-0.3, -0.25) is 9.59 Å². The monoisotopic (exact) mass is 692 g/mol. The highest BCUT2D eigenvalue weighted by molar-refractivity contribution is 5.77. The van der Waals surface area contributed by atoms with Crippen LogP contribution in [0.25, 0.3) is 0 Å². The van der Waals surface area contributed by atoms with Crippen LogP contribution >= 0.6 is 0 Å². The summed E-state index contributed by atoms with van der Waals surface area (Å²) >= 11 is 0. The summed E-state index contributed by atoms with van der Waals surface area (Å²) in [4.78, 5) is 25.8. The number of hydrogen-bond donors (Lipinski definition) is 3. The van der Waals surface area contributed by atoms with E-state index in [4.69, 9.17) is 4.74 Å². The molecule has 0 saturated heterocycles. The Morgan fingerprint density at radius 2 is 1.00 bits per heavy atom. The van der Waals surface area contributed by atoms with Crippen molar-refractivity contribution in [2.24, 2.45) is 0 Å². The number of carbonyl (C=O) groups is 2. The van der Waals surface area contributed by atoms with Gasteiger partial charge in [-0.25, -0.2) is 0 Å². The van der Waals surface area contributed by atoms with Gasteiger partial charge in [0.1, 0.15) is 6.10 Å². The average molecular weight is 692 g/mol. The zero-order chi connectivity index (χ0) is 36.0. The first-order valence-corrected chi connectivity index (χ1v) is 21.1. The van der Waals surface area contributed by atoms with E-state index in [1.807, 2.05) is 0 Å². The smallest absolute Gasteiger partial charge is 0.306 e. The zero-order valence-electron chi connectivity index (χ0n) is 32.6. The molecule has 0 aromatic heterocycles. The minimum absolute atomic E-state index is 0.0654. The molecule has 3 unspecified atom stereocenters. The molecule has 288 valence electrons. The predicted octanol–water partition coefficient (Wildman–Crippen LogP) is 11.6. The summed E-state index contributed by atoms with van der Waals surface area (Å²) in [5.74, 6) is -0.503. The lowest BCUT2D eigenvalue weighted by molar-refractivity contribution is -0.151. The molecule has 3 N–H and O–H groups in total. The van der Waals surface area contributed by atoms with E-state index >= 15 is 0 Å². The summed E-state index contributed by atoms with van der Waals surface area (Å²) in [5, 5.41) is 23.5. The van der Waals surface area contributed by atoms with Gasteiger partial charge in [0, 0.05) is 6.42 Å². The number of allylic oxidation sites excluding steroid dienone is 4. The first-order valence-electron chi connectivity index (χ1n) is 21.1. The van der Waals surface area contributed by atoms with Crippen LogP contribution in [0.3, 0.4) is 0 Å². The van der Waals surface area contributed by atoms with E-state index in [0.717, 1.165) is 77.0 Å². The molecule has 0 spiro atoms. The van der Waals surface area contributed by atoms with Crippen molar-refractivity contribution in [3.63, 3.8) is 0 Å². The van der Waals surface area contributed by atoms with Crippen molar-refractivity contribution in [3.05, 3.63) is 24.3 Å². The van der Waals surface area contributed by atoms with E-state index in [0.29, 0.717) is 19.3 Å². The standard InChI is InChI=1S/C43H81NO5/c1-4-7-10-13-16-19-21-24-27-30-33-36-43(48)49-39(34-31-28-25-22-18-15-12-9-6-3)37-42(47)44-40(38-45)41(46)35-32-29-26-23-20-17-14-11-8-5-2/h13,15-16,18,39-41,45-46H,4-12,14,17,19-38H2,1-3H3,(H,44,47)/b16-13-,18-15-. The van der Waals surface area contributed by atoms with Crippen LogP contribution in [-0.4, -0.2) is 46.9 Å². The van der Waals surface area contributed by atoms with E-state index in [9.17, 15) is 19.8 Å². The van der Waals surface area contributed by atoms with Crippen LogP contribution in [0.15, 0.2) is 24.3 Å². The van der Waals surface area contributed by atoms with Gasteiger partial charge >= 0.3 is 5.97 Å². The molecular formula is C43H81NO5. The van der Waals surface area contributed by atoms with Gasteiger partial charge in [-0.15, -0.1) is 0 Å². The van der Waals surface area contributed by atoms with Crippen molar-refractivity contribution in [2.75, 3.05) is 6.61 Å². The topological polar surface area (TPSA) is 95.9 Å². The number of carbonyl (C=O) groups excluding carboxylic acids is 2. The number of rotatable bonds is 37. The molecule has 0 bridgehead atoms. The highest BCUT2D eigenvalue weighted by Gasteiger charge is 2.24. The van der Waals surface area contributed by atoms with Crippen molar-refractivity contribution in [1.29, 1.82) is 0 Å². The van der Waals surface area contributed by atoms with E-state index in [1.165, 1.54) is 89.9 Å². The Morgan fingerprint density at radius 1 is 0.571 bits per heavy atom. The van der Waals surface area contributed by atoms with Gasteiger partial charge in [0.05, 0.1) is 25.2 Å². The van der Waals surface area contributed by atoms with Crippen molar-refractivity contribution in [1.82, 2.24) is 5.32 Å². The van der Waals surface area contributed by atoms with Crippen LogP contribution in [0.2, 0.25) is 0 Å². The van der Waals surface area contributed by atoms with Crippen molar-refractivity contribution in [3.8, 4) is 0 Å². The first kappa shape index (κ1) is 47.3. The lowest BCUT2D eigenvalue weighted by Gasteiger charge is -2.24. The molecule has 0 aliphatic carbocycles. The molecule has 0 heterocycles. The fourth-order valence-electron chi connectivity index (χ4n) is 6.21. The van der Waals surface area contributed by atoms with Gasteiger partial charge in [-0.1, -0.05) is 161 Å². The van der Waals surface area contributed by atoms with Gasteiger partial charge in [-0.05, 0) is 64.2 Å². The van der Waals surface area contributed by atoms with Gasteiger partial charge in [0.25, 0.3) is 0 Å². The molecule has 1 amide bonds. The fraction of sp³-hybridized carbons (Fsp3) is 0.860. The normalized spacial score (nSPS) is 13.7.